The van der Waals surface area contributed by atoms with E-state index in [0.717, 1.165) is 7.11 Å². The normalized spacial score (nSPS) is 11.3. The van der Waals surface area contributed by atoms with E-state index in [1.54, 1.807) is 0 Å². The van der Waals surface area contributed by atoms with Crippen LogP contribution in [-0.2, 0) is 9.53 Å². The van der Waals surface area contributed by atoms with Crippen molar-refractivity contribution in [2.24, 2.45) is 0 Å². The fraction of sp³-hybridized carbons (Fsp3) is 0.714. The van der Waals surface area contributed by atoms with E-state index >= 15 is 0 Å². The maximum atomic E-state index is 12.5. The number of alkyl halides is 2. The number of esters is 1. The third kappa shape index (κ3) is 3.30. The molecular formula is C7H11F2O2. The smallest absolute Gasteiger partial charge is 0.376 e. The Morgan fingerprint density at radius 1 is 1.64 bits per heavy atom. The van der Waals surface area contributed by atoms with E-state index < -0.39 is 18.3 Å². The minimum absolute atomic E-state index is 0.224. The zero-order chi connectivity index (χ0) is 8.91. The van der Waals surface area contributed by atoms with E-state index in [9.17, 15) is 13.6 Å². The van der Waals surface area contributed by atoms with Gasteiger partial charge in [-0.05, 0) is 6.42 Å². The molecule has 0 fully saturated rings. The maximum absolute atomic E-state index is 12.5. The molecule has 0 aliphatic rings. The minimum Gasteiger partial charge on any atom is -0.465 e. The highest BCUT2D eigenvalue weighted by Gasteiger charge is 2.38. The van der Waals surface area contributed by atoms with Crippen LogP contribution in [0.2, 0.25) is 0 Å². The molecule has 0 atom stereocenters. The summed E-state index contributed by atoms with van der Waals surface area (Å²) in [5, 5.41) is 0. The molecule has 65 valence electrons. The topological polar surface area (TPSA) is 26.3 Å². The molecular weight excluding hydrogens is 154 g/mol. The quantitative estimate of drug-likeness (QED) is 0.594. The summed E-state index contributed by atoms with van der Waals surface area (Å²) < 4.78 is 28.9. The molecule has 0 spiro atoms. The van der Waals surface area contributed by atoms with Crippen LogP contribution in [0.25, 0.3) is 0 Å². The fourth-order valence-corrected chi connectivity index (χ4v) is 0.598. The van der Waals surface area contributed by atoms with Gasteiger partial charge in [0.05, 0.1) is 7.11 Å². The summed E-state index contributed by atoms with van der Waals surface area (Å²) in [4.78, 5) is 10.3. The lowest BCUT2D eigenvalue weighted by atomic mass is 10.1. The van der Waals surface area contributed by atoms with Gasteiger partial charge in [0.1, 0.15) is 0 Å². The molecule has 0 saturated heterocycles. The molecule has 11 heavy (non-hydrogen) atoms. The summed E-state index contributed by atoms with van der Waals surface area (Å²) >= 11 is 0. The number of ether oxygens (including phenoxy) is 1. The number of rotatable bonds is 4. The summed E-state index contributed by atoms with van der Waals surface area (Å²) in [5.41, 5.74) is 0. The molecule has 4 heteroatoms. The van der Waals surface area contributed by atoms with E-state index in [4.69, 9.17) is 0 Å². The summed E-state index contributed by atoms with van der Waals surface area (Å²) in [6.45, 7) is 3.39. The van der Waals surface area contributed by atoms with Crippen LogP contribution in [0.3, 0.4) is 0 Å². The Balaban J connectivity index is 3.88. The Morgan fingerprint density at radius 2 is 2.18 bits per heavy atom. The zero-order valence-corrected chi connectivity index (χ0v) is 6.40. The second-order valence-electron chi connectivity index (χ2n) is 2.15. The van der Waals surface area contributed by atoms with Crippen LogP contribution in [0.5, 0.6) is 0 Å². The van der Waals surface area contributed by atoms with Crippen LogP contribution in [-0.4, -0.2) is 19.0 Å². The third-order valence-corrected chi connectivity index (χ3v) is 1.22. The number of carbonyl (C=O) groups excluding carboxylic acids is 1. The standard InChI is InChI=1S/C7H11F2O2/c1-3-4-5-7(8,9)6(10)11-2/h1,3-5H2,2H3. The molecule has 0 amide bonds. The van der Waals surface area contributed by atoms with Crippen LogP contribution < -0.4 is 0 Å². The van der Waals surface area contributed by atoms with Gasteiger partial charge in [-0.3, -0.25) is 0 Å². The van der Waals surface area contributed by atoms with E-state index in [1.807, 2.05) is 0 Å². The van der Waals surface area contributed by atoms with Crippen molar-refractivity contribution in [2.45, 2.75) is 25.2 Å². The highest BCUT2D eigenvalue weighted by atomic mass is 19.3. The van der Waals surface area contributed by atoms with Crippen molar-refractivity contribution in [3.63, 3.8) is 0 Å². The van der Waals surface area contributed by atoms with Gasteiger partial charge in [-0.25, -0.2) is 4.79 Å². The highest BCUT2D eigenvalue weighted by Crippen LogP contribution is 2.22. The van der Waals surface area contributed by atoms with Crippen molar-refractivity contribution in [1.29, 1.82) is 0 Å². The van der Waals surface area contributed by atoms with Crippen LogP contribution >= 0.6 is 0 Å². The van der Waals surface area contributed by atoms with Crippen molar-refractivity contribution in [2.75, 3.05) is 7.11 Å². The first kappa shape index (κ1) is 10.3. The Labute approximate surface area is 64.5 Å². The van der Waals surface area contributed by atoms with Crippen molar-refractivity contribution in [3.8, 4) is 0 Å². The number of unbranched alkanes of at least 4 members (excludes halogenated alkanes) is 1. The monoisotopic (exact) mass is 165 g/mol. The molecule has 0 N–H and O–H groups in total. The molecule has 0 saturated carbocycles. The molecule has 0 bridgehead atoms. The van der Waals surface area contributed by atoms with Gasteiger partial charge in [-0.2, -0.15) is 8.78 Å². The van der Waals surface area contributed by atoms with Crippen molar-refractivity contribution >= 4 is 5.97 Å². The molecule has 0 heterocycles. The third-order valence-electron chi connectivity index (χ3n) is 1.22. The summed E-state index contributed by atoms with van der Waals surface area (Å²) in [6.07, 6.45) is 0.137. The number of hydrogen-bond acceptors (Lipinski definition) is 2. The van der Waals surface area contributed by atoms with Crippen LogP contribution in [0.4, 0.5) is 8.78 Å². The van der Waals surface area contributed by atoms with E-state index in [1.165, 1.54) is 0 Å². The van der Waals surface area contributed by atoms with Gasteiger partial charge in [0.25, 0.3) is 0 Å². The largest absolute Gasteiger partial charge is 0.465 e. The summed E-state index contributed by atoms with van der Waals surface area (Å²) in [5.74, 6) is -4.81. The molecule has 0 aromatic heterocycles. The van der Waals surface area contributed by atoms with Crippen LogP contribution in [0.1, 0.15) is 19.3 Å². The van der Waals surface area contributed by atoms with Crippen molar-refractivity contribution in [1.82, 2.24) is 0 Å². The maximum Gasteiger partial charge on any atom is 0.376 e. The van der Waals surface area contributed by atoms with Crippen molar-refractivity contribution < 1.29 is 18.3 Å². The lowest BCUT2D eigenvalue weighted by molar-refractivity contribution is -0.169. The lowest BCUT2D eigenvalue weighted by Crippen LogP contribution is -2.29. The Kier molecular flexibility index (Phi) is 4.00. The van der Waals surface area contributed by atoms with Gasteiger partial charge in [0.15, 0.2) is 0 Å². The van der Waals surface area contributed by atoms with Gasteiger partial charge in [-0.15, -0.1) is 0 Å². The first-order valence-corrected chi connectivity index (χ1v) is 3.30. The lowest BCUT2D eigenvalue weighted by Gasteiger charge is -2.11. The van der Waals surface area contributed by atoms with Gasteiger partial charge in [0, 0.05) is 6.42 Å². The first-order valence-electron chi connectivity index (χ1n) is 3.30. The van der Waals surface area contributed by atoms with E-state index in [0.29, 0.717) is 6.42 Å². The van der Waals surface area contributed by atoms with Gasteiger partial charge in [0.2, 0.25) is 0 Å². The van der Waals surface area contributed by atoms with E-state index in [2.05, 4.69) is 11.7 Å². The number of carbonyl (C=O) groups is 1. The molecule has 0 aromatic carbocycles. The van der Waals surface area contributed by atoms with Crippen LogP contribution in [0, 0.1) is 6.92 Å². The van der Waals surface area contributed by atoms with Crippen molar-refractivity contribution in [3.05, 3.63) is 6.92 Å². The predicted octanol–water partition coefficient (Wildman–Crippen LogP) is 1.80. The van der Waals surface area contributed by atoms with Gasteiger partial charge >= 0.3 is 11.9 Å². The second kappa shape index (κ2) is 4.26. The SMILES string of the molecule is [CH2]CCCC(F)(F)C(=O)OC. The summed E-state index contributed by atoms with van der Waals surface area (Å²) in [7, 11) is 0.945. The Hall–Kier alpha value is -0.670. The number of hydrogen-bond donors (Lipinski definition) is 0. The molecule has 0 rings (SSSR count). The minimum atomic E-state index is -3.34. The summed E-state index contributed by atoms with van der Waals surface area (Å²) in [6, 6.07) is 0. The molecule has 2 nitrogen and oxygen atoms in total. The van der Waals surface area contributed by atoms with Crippen LogP contribution in [0.15, 0.2) is 0 Å². The first-order chi connectivity index (χ1) is 5.04. The molecule has 0 aliphatic heterocycles. The predicted molar refractivity (Wildman–Crippen MR) is 36.2 cm³/mol. The average Bonchev–Trinajstić information content (AvgIpc) is 1.99. The highest BCUT2D eigenvalue weighted by molar-refractivity contribution is 5.77. The second-order valence-corrected chi connectivity index (χ2v) is 2.15. The number of halogens is 2. The van der Waals surface area contributed by atoms with E-state index in [-0.39, 0.29) is 6.42 Å². The average molecular weight is 165 g/mol. The number of methoxy groups -OCH3 is 1. The zero-order valence-electron chi connectivity index (χ0n) is 6.40. The Bertz CT molecular complexity index is 134. The van der Waals surface area contributed by atoms with Gasteiger partial charge in [-0.1, -0.05) is 13.3 Å². The molecule has 1 radical (unpaired) electrons. The Morgan fingerprint density at radius 3 is 2.55 bits per heavy atom. The molecule has 0 aliphatic carbocycles. The van der Waals surface area contributed by atoms with Gasteiger partial charge < -0.3 is 4.74 Å². The molecule has 0 aromatic rings. The fourth-order valence-electron chi connectivity index (χ4n) is 0.598. The molecule has 0 unspecified atom stereocenters.